The van der Waals surface area contributed by atoms with Gasteiger partial charge >= 0.3 is 29.8 Å². The monoisotopic (exact) mass is 392 g/mol. The number of carbonyl (C=O) groups is 5. The minimum absolute atomic E-state index is 0.684. The first-order chi connectivity index (χ1) is 12.5. The quantitative estimate of drug-likeness (QED) is 0.279. The molecule has 0 aliphatic heterocycles. The van der Waals surface area contributed by atoms with Crippen LogP contribution in [0.4, 0.5) is 0 Å². The van der Waals surface area contributed by atoms with Crippen LogP contribution in [0, 0.1) is 0 Å². The fourth-order valence-electron chi connectivity index (χ4n) is 1.41. The lowest BCUT2D eigenvalue weighted by molar-refractivity contribution is -0.188. The highest BCUT2D eigenvalue weighted by Gasteiger charge is 2.26. The number of ether oxygens (including phenoxy) is 6. The third-order valence-electron chi connectivity index (χ3n) is 3.01. The summed E-state index contributed by atoms with van der Waals surface area (Å²) in [4.78, 5) is 57.1. The molecule has 11 heteroatoms. The van der Waals surface area contributed by atoms with Crippen LogP contribution in [-0.2, 0) is 52.4 Å². The first kappa shape index (κ1) is 24.3. The second-order valence-corrected chi connectivity index (χ2v) is 5.33. The molecule has 0 saturated carbocycles. The number of rotatable bonds is 10. The molecule has 4 unspecified atom stereocenters. The summed E-state index contributed by atoms with van der Waals surface area (Å²) >= 11 is 0. The van der Waals surface area contributed by atoms with Gasteiger partial charge in [0.25, 0.3) is 0 Å². The van der Waals surface area contributed by atoms with Crippen molar-refractivity contribution in [1.82, 2.24) is 0 Å². The van der Waals surface area contributed by atoms with E-state index >= 15 is 0 Å². The van der Waals surface area contributed by atoms with Crippen molar-refractivity contribution < 1.29 is 52.4 Å². The molecule has 0 aromatic carbocycles. The van der Waals surface area contributed by atoms with E-state index in [2.05, 4.69) is 14.2 Å². The number of hydrogen-bond acceptors (Lipinski definition) is 11. The van der Waals surface area contributed by atoms with Gasteiger partial charge < -0.3 is 28.4 Å². The van der Waals surface area contributed by atoms with E-state index in [0.717, 1.165) is 6.92 Å². The molecule has 0 saturated heterocycles. The van der Waals surface area contributed by atoms with Gasteiger partial charge in [-0.25, -0.2) is 19.2 Å². The fourth-order valence-corrected chi connectivity index (χ4v) is 1.41. The zero-order chi connectivity index (χ0) is 21.1. The Bertz CT molecular complexity index is 557. The lowest BCUT2D eigenvalue weighted by Crippen LogP contribution is -2.34. The van der Waals surface area contributed by atoms with Gasteiger partial charge in [-0.3, -0.25) is 4.79 Å². The average Bonchev–Trinajstić information content (AvgIpc) is 2.59. The highest BCUT2D eigenvalue weighted by atomic mass is 16.7. The summed E-state index contributed by atoms with van der Waals surface area (Å²) < 4.78 is 28.1. The van der Waals surface area contributed by atoms with E-state index < -0.39 is 61.1 Å². The van der Waals surface area contributed by atoms with Crippen LogP contribution in [0.25, 0.3) is 0 Å². The highest BCUT2D eigenvalue weighted by molar-refractivity contribution is 5.83. The van der Waals surface area contributed by atoms with Crippen molar-refractivity contribution in [3.8, 4) is 0 Å². The summed E-state index contributed by atoms with van der Waals surface area (Å²) in [5, 5.41) is 0. The Morgan fingerprint density at radius 2 is 1.00 bits per heavy atom. The van der Waals surface area contributed by atoms with Crippen molar-refractivity contribution in [3.05, 3.63) is 0 Å². The van der Waals surface area contributed by atoms with Crippen molar-refractivity contribution in [2.75, 3.05) is 13.9 Å². The van der Waals surface area contributed by atoms with Crippen LogP contribution in [0.3, 0.4) is 0 Å². The first-order valence-electron chi connectivity index (χ1n) is 7.93. The van der Waals surface area contributed by atoms with Gasteiger partial charge in [0.2, 0.25) is 6.79 Å². The standard InChI is InChI=1S/C16H24O11/c1-8(22-6)15(20)26-9(2)13(18)23-7-24-14(19)10(3)27-16(21)11(4)25-12(5)17/h8-11H,7H2,1-6H3. The van der Waals surface area contributed by atoms with Gasteiger partial charge in [0.1, 0.15) is 0 Å². The Morgan fingerprint density at radius 3 is 1.37 bits per heavy atom. The zero-order valence-corrected chi connectivity index (χ0v) is 16.0. The molecule has 0 rings (SSSR count). The van der Waals surface area contributed by atoms with Gasteiger partial charge in [0, 0.05) is 14.0 Å². The van der Waals surface area contributed by atoms with Crippen molar-refractivity contribution >= 4 is 29.8 Å². The van der Waals surface area contributed by atoms with Crippen LogP contribution >= 0.6 is 0 Å². The lowest BCUT2D eigenvalue weighted by atomic mass is 10.3. The summed E-state index contributed by atoms with van der Waals surface area (Å²) in [7, 11) is 1.30. The van der Waals surface area contributed by atoms with E-state index in [1.165, 1.54) is 34.8 Å². The third kappa shape index (κ3) is 9.54. The van der Waals surface area contributed by atoms with Gasteiger partial charge in [-0.2, -0.15) is 0 Å². The second-order valence-electron chi connectivity index (χ2n) is 5.33. The minimum Gasteiger partial charge on any atom is -0.451 e. The topological polar surface area (TPSA) is 141 Å². The van der Waals surface area contributed by atoms with E-state index in [-0.39, 0.29) is 0 Å². The highest BCUT2D eigenvalue weighted by Crippen LogP contribution is 2.03. The molecule has 0 bridgehead atoms. The van der Waals surface area contributed by atoms with E-state index in [4.69, 9.17) is 14.2 Å². The summed E-state index contributed by atoms with van der Waals surface area (Å²) in [6.45, 7) is 5.54. The Morgan fingerprint density at radius 1 is 0.630 bits per heavy atom. The summed E-state index contributed by atoms with van der Waals surface area (Å²) in [5.41, 5.74) is 0. The molecule has 0 radical (unpaired) electrons. The fraction of sp³-hybridized carbons (Fsp3) is 0.688. The van der Waals surface area contributed by atoms with Gasteiger partial charge in [0.15, 0.2) is 24.4 Å². The minimum atomic E-state index is -1.33. The summed E-state index contributed by atoms with van der Waals surface area (Å²) in [6, 6.07) is 0. The van der Waals surface area contributed by atoms with Crippen molar-refractivity contribution in [2.45, 2.75) is 59.0 Å². The molecule has 0 aromatic heterocycles. The predicted molar refractivity (Wildman–Crippen MR) is 85.9 cm³/mol. The van der Waals surface area contributed by atoms with Crippen LogP contribution in [0.5, 0.6) is 0 Å². The lowest BCUT2D eigenvalue weighted by Gasteiger charge is -2.17. The maximum absolute atomic E-state index is 11.7. The molecule has 11 nitrogen and oxygen atoms in total. The van der Waals surface area contributed by atoms with E-state index in [9.17, 15) is 24.0 Å². The van der Waals surface area contributed by atoms with Gasteiger partial charge in [0.05, 0.1) is 0 Å². The third-order valence-corrected chi connectivity index (χ3v) is 3.01. The number of hydrogen-bond donors (Lipinski definition) is 0. The maximum atomic E-state index is 11.7. The van der Waals surface area contributed by atoms with Crippen molar-refractivity contribution in [3.63, 3.8) is 0 Å². The second kappa shape index (κ2) is 11.8. The summed E-state index contributed by atoms with van der Waals surface area (Å²) in [5.74, 6) is -4.34. The number of esters is 5. The van der Waals surface area contributed by atoms with Gasteiger partial charge in [-0.1, -0.05) is 0 Å². The Kier molecular flexibility index (Phi) is 10.7. The molecule has 0 aromatic rings. The largest absolute Gasteiger partial charge is 0.451 e. The van der Waals surface area contributed by atoms with Crippen LogP contribution < -0.4 is 0 Å². The van der Waals surface area contributed by atoms with E-state index in [0.29, 0.717) is 0 Å². The average molecular weight is 392 g/mol. The smallest absolute Gasteiger partial charge is 0.350 e. The molecular formula is C16H24O11. The van der Waals surface area contributed by atoms with Gasteiger partial charge in [-0.05, 0) is 27.7 Å². The van der Waals surface area contributed by atoms with Crippen LogP contribution in [0.1, 0.15) is 34.6 Å². The SMILES string of the molecule is COC(C)C(=O)OC(C)C(=O)OCOC(=O)C(C)OC(=O)C(C)OC(C)=O. The molecule has 0 amide bonds. The molecule has 0 N–H and O–H groups in total. The predicted octanol–water partition coefficient (Wildman–Crippen LogP) is -0.120. The summed E-state index contributed by atoms with van der Waals surface area (Å²) in [6.07, 6.45) is -4.62. The van der Waals surface area contributed by atoms with E-state index in [1.54, 1.807) is 0 Å². The van der Waals surface area contributed by atoms with Crippen molar-refractivity contribution in [2.24, 2.45) is 0 Å². The Balaban J connectivity index is 4.26. The number of carbonyl (C=O) groups excluding carboxylic acids is 5. The molecule has 0 heterocycles. The number of methoxy groups -OCH3 is 1. The van der Waals surface area contributed by atoms with Crippen LogP contribution in [-0.4, -0.2) is 68.2 Å². The maximum Gasteiger partial charge on any atom is 0.350 e. The molecule has 0 aliphatic carbocycles. The molecule has 0 aliphatic rings. The Hall–Kier alpha value is -2.69. The van der Waals surface area contributed by atoms with Crippen LogP contribution in [0.2, 0.25) is 0 Å². The molecule has 0 spiro atoms. The Labute approximate surface area is 156 Å². The zero-order valence-electron chi connectivity index (χ0n) is 16.0. The molecule has 0 fully saturated rings. The van der Waals surface area contributed by atoms with Crippen LogP contribution in [0.15, 0.2) is 0 Å². The molecule has 154 valence electrons. The molecular weight excluding hydrogens is 368 g/mol. The van der Waals surface area contributed by atoms with Gasteiger partial charge in [-0.15, -0.1) is 0 Å². The normalized spacial score (nSPS) is 14.7. The molecule has 4 atom stereocenters. The first-order valence-corrected chi connectivity index (χ1v) is 7.93. The molecule has 27 heavy (non-hydrogen) atoms. The van der Waals surface area contributed by atoms with E-state index in [1.807, 2.05) is 0 Å². The van der Waals surface area contributed by atoms with Crippen molar-refractivity contribution in [1.29, 1.82) is 0 Å².